The summed E-state index contributed by atoms with van der Waals surface area (Å²) >= 11 is 2.99. The van der Waals surface area contributed by atoms with E-state index in [0.29, 0.717) is 12.2 Å². The molecule has 3 rings (SSSR count). The summed E-state index contributed by atoms with van der Waals surface area (Å²) in [6, 6.07) is 3.31. The summed E-state index contributed by atoms with van der Waals surface area (Å²) in [5, 5.41) is 18.1. The van der Waals surface area contributed by atoms with Crippen molar-refractivity contribution in [2.24, 2.45) is 0 Å². The molecule has 0 aliphatic carbocycles. The van der Waals surface area contributed by atoms with Crippen LogP contribution in [-0.4, -0.2) is 14.9 Å². The Bertz CT molecular complexity index is 825. The van der Waals surface area contributed by atoms with Crippen molar-refractivity contribution < 1.29 is 4.92 Å². The van der Waals surface area contributed by atoms with Crippen molar-refractivity contribution in [2.75, 3.05) is 5.32 Å². The lowest BCUT2D eigenvalue weighted by Crippen LogP contribution is -2.02. The molecule has 1 N–H and O–H groups in total. The molecular formula is C13H12N4O2S2. The van der Waals surface area contributed by atoms with E-state index in [1.807, 2.05) is 19.2 Å². The maximum absolute atomic E-state index is 11.2. The van der Waals surface area contributed by atoms with Crippen LogP contribution in [0.25, 0.3) is 10.2 Å². The smallest absolute Gasteiger partial charge is 0.293 e. The highest BCUT2D eigenvalue weighted by Crippen LogP contribution is 2.33. The minimum atomic E-state index is -0.371. The van der Waals surface area contributed by atoms with Gasteiger partial charge in [0.15, 0.2) is 0 Å². The molecule has 0 aliphatic rings. The highest BCUT2D eigenvalue weighted by Gasteiger charge is 2.17. The Kier molecular flexibility index (Phi) is 3.56. The Morgan fingerprint density at radius 3 is 2.81 bits per heavy atom. The minimum Gasteiger partial charge on any atom is -0.373 e. The summed E-state index contributed by atoms with van der Waals surface area (Å²) in [5.41, 5.74) is 2.28. The van der Waals surface area contributed by atoms with Gasteiger partial charge in [-0.05, 0) is 19.9 Å². The molecule has 2 aromatic heterocycles. The summed E-state index contributed by atoms with van der Waals surface area (Å²) in [7, 11) is 0. The Labute approximate surface area is 128 Å². The number of hydrogen-bond acceptors (Lipinski definition) is 7. The molecule has 0 radical (unpaired) electrons. The van der Waals surface area contributed by atoms with E-state index in [0.717, 1.165) is 25.9 Å². The van der Waals surface area contributed by atoms with E-state index in [2.05, 4.69) is 15.3 Å². The number of nitrogens with zero attached hydrogens (tertiary/aromatic N) is 3. The number of rotatable bonds is 4. The van der Waals surface area contributed by atoms with Gasteiger partial charge in [-0.1, -0.05) is 0 Å². The summed E-state index contributed by atoms with van der Waals surface area (Å²) in [5.74, 6) is 0. The molecule has 21 heavy (non-hydrogen) atoms. The first-order chi connectivity index (χ1) is 10.0. The lowest BCUT2D eigenvalue weighted by molar-refractivity contribution is -0.383. The summed E-state index contributed by atoms with van der Waals surface area (Å²) in [6.45, 7) is 4.28. The number of thiazole rings is 2. The molecule has 3 aromatic rings. The zero-order valence-electron chi connectivity index (χ0n) is 11.4. The fourth-order valence-corrected chi connectivity index (χ4v) is 3.58. The van der Waals surface area contributed by atoms with Gasteiger partial charge in [-0.15, -0.1) is 22.7 Å². The van der Waals surface area contributed by atoms with Gasteiger partial charge in [0.05, 0.1) is 26.7 Å². The third kappa shape index (κ3) is 2.86. The van der Waals surface area contributed by atoms with Crippen LogP contribution in [0.15, 0.2) is 17.5 Å². The van der Waals surface area contributed by atoms with Crippen LogP contribution >= 0.6 is 22.7 Å². The standard InChI is InChI=1S/C13H12N4O2S2/c1-7-6-20-13(15-7)5-14-9-3-10-12(21-8(2)16-10)4-11(9)17(18)19/h3-4,6,14H,5H2,1-2H3. The quantitative estimate of drug-likeness (QED) is 0.582. The molecule has 0 spiro atoms. The van der Waals surface area contributed by atoms with Gasteiger partial charge in [0, 0.05) is 17.1 Å². The van der Waals surface area contributed by atoms with Crippen molar-refractivity contribution in [1.29, 1.82) is 0 Å². The van der Waals surface area contributed by atoms with Gasteiger partial charge in [0.25, 0.3) is 5.69 Å². The number of nitrogens with one attached hydrogen (secondary N) is 1. The number of nitro groups is 1. The molecule has 0 aliphatic heterocycles. The van der Waals surface area contributed by atoms with Crippen LogP contribution in [0.1, 0.15) is 15.7 Å². The summed E-state index contributed by atoms with van der Waals surface area (Å²) in [4.78, 5) is 19.6. The van der Waals surface area contributed by atoms with Crippen molar-refractivity contribution >= 4 is 44.3 Å². The van der Waals surface area contributed by atoms with Crippen molar-refractivity contribution in [3.05, 3.63) is 43.3 Å². The van der Waals surface area contributed by atoms with E-state index in [4.69, 9.17) is 0 Å². The molecule has 0 fully saturated rings. The van der Waals surface area contributed by atoms with E-state index in [1.54, 1.807) is 12.1 Å². The molecule has 0 atom stereocenters. The van der Waals surface area contributed by atoms with Crippen molar-refractivity contribution in [2.45, 2.75) is 20.4 Å². The van der Waals surface area contributed by atoms with Crippen molar-refractivity contribution in [3.63, 3.8) is 0 Å². The highest BCUT2D eigenvalue weighted by molar-refractivity contribution is 7.18. The molecule has 1 aromatic carbocycles. The molecule has 0 amide bonds. The minimum absolute atomic E-state index is 0.0689. The number of aromatic nitrogens is 2. The number of aryl methyl sites for hydroxylation is 2. The van der Waals surface area contributed by atoms with Gasteiger partial charge in [0.2, 0.25) is 0 Å². The maximum atomic E-state index is 11.2. The van der Waals surface area contributed by atoms with Crippen molar-refractivity contribution in [3.8, 4) is 0 Å². The molecule has 0 saturated carbocycles. The molecule has 0 saturated heterocycles. The van der Waals surface area contributed by atoms with E-state index in [1.165, 1.54) is 22.7 Å². The topological polar surface area (TPSA) is 81.0 Å². The Morgan fingerprint density at radius 2 is 2.14 bits per heavy atom. The second-order valence-corrected chi connectivity index (χ2v) is 6.74. The molecule has 8 heteroatoms. The van der Waals surface area contributed by atoms with Gasteiger partial charge < -0.3 is 5.32 Å². The Hall–Kier alpha value is -2.06. The predicted octanol–water partition coefficient (Wildman–Crippen LogP) is 3.89. The van der Waals surface area contributed by atoms with Crippen LogP contribution < -0.4 is 5.32 Å². The second-order valence-electron chi connectivity index (χ2n) is 4.56. The van der Waals surface area contributed by atoms with E-state index in [9.17, 15) is 10.1 Å². The van der Waals surface area contributed by atoms with E-state index in [-0.39, 0.29) is 10.6 Å². The van der Waals surface area contributed by atoms with E-state index >= 15 is 0 Å². The zero-order chi connectivity index (χ0) is 15.0. The fraction of sp³-hybridized carbons (Fsp3) is 0.231. The monoisotopic (exact) mass is 320 g/mol. The first kappa shape index (κ1) is 13.9. The third-order valence-corrected chi connectivity index (χ3v) is 4.81. The maximum Gasteiger partial charge on any atom is 0.293 e. The summed E-state index contributed by atoms with van der Waals surface area (Å²) < 4.78 is 0.829. The van der Waals surface area contributed by atoms with Crippen LogP contribution in [0.2, 0.25) is 0 Å². The number of hydrogen-bond donors (Lipinski definition) is 1. The molecular weight excluding hydrogens is 308 g/mol. The van der Waals surface area contributed by atoms with Crippen molar-refractivity contribution in [1.82, 2.24) is 9.97 Å². The van der Waals surface area contributed by atoms with Crippen LogP contribution in [0, 0.1) is 24.0 Å². The zero-order valence-corrected chi connectivity index (χ0v) is 13.0. The molecule has 108 valence electrons. The average Bonchev–Trinajstić information content (AvgIpc) is 2.99. The summed E-state index contributed by atoms with van der Waals surface area (Å²) in [6.07, 6.45) is 0. The number of fused-ring (bicyclic) bond motifs is 1. The SMILES string of the molecule is Cc1csc(CNc2cc3nc(C)sc3cc2[N+](=O)[O-])n1. The third-order valence-electron chi connectivity index (χ3n) is 2.91. The van der Waals surface area contributed by atoms with Crippen LogP contribution in [-0.2, 0) is 6.54 Å². The van der Waals surface area contributed by atoms with Gasteiger partial charge in [-0.3, -0.25) is 10.1 Å². The van der Waals surface area contributed by atoms with Crippen LogP contribution in [0.4, 0.5) is 11.4 Å². The Balaban J connectivity index is 1.95. The first-order valence-corrected chi connectivity index (χ1v) is 7.93. The van der Waals surface area contributed by atoms with E-state index < -0.39 is 0 Å². The molecule has 6 nitrogen and oxygen atoms in total. The van der Waals surface area contributed by atoms with Crippen LogP contribution in [0.3, 0.4) is 0 Å². The number of anilines is 1. The fourth-order valence-electron chi connectivity index (χ4n) is 2.03. The van der Waals surface area contributed by atoms with Crippen LogP contribution in [0.5, 0.6) is 0 Å². The largest absolute Gasteiger partial charge is 0.373 e. The number of nitro benzene ring substituents is 1. The molecule has 0 unspecified atom stereocenters. The second kappa shape index (κ2) is 5.38. The van der Waals surface area contributed by atoms with Gasteiger partial charge in [0.1, 0.15) is 10.7 Å². The van der Waals surface area contributed by atoms with Gasteiger partial charge >= 0.3 is 0 Å². The molecule has 2 heterocycles. The predicted molar refractivity (Wildman–Crippen MR) is 85.2 cm³/mol. The average molecular weight is 320 g/mol. The number of benzene rings is 1. The molecule has 0 bridgehead atoms. The normalized spacial score (nSPS) is 11.0. The lowest BCUT2D eigenvalue weighted by atomic mass is 10.2. The lowest BCUT2D eigenvalue weighted by Gasteiger charge is -2.05. The van der Waals surface area contributed by atoms with Gasteiger partial charge in [-0.25, -0.2) is 9.97 Å². The highest BCUT2D eigenvalue weighted by atomic mass is 32.1. The first-order valence-electron chi connectivity index (χ1n) is 6.23. The Morgan fingerprint density at radius 1 is 1.33 bits per heavy atom. The van der Waals surface area contributed by atoms with Gasteiger partial charge in [-0.2, -0.15) is 0 Å².